The van der Waals surface area contributed by atoms with Gasteiger partial charge in [0.1, 0.15) is 0 Å². The smallest absolute Gasteiger partial charge is 0.323 e. The Labute approximate surface area is 116 Å². The molecule has 2 aromatic heterocycles. The first-order valence-corrected chi connectivity index (χ1v) is 6.33. The van der Waals surface area contributed by atoms with Gasteiger partial charge in [-0.3, -0.25) is 0 Å². The van der Waals surface area contributed by atoms with Gasteiger partial charge in [0.25, 0.3) is 5.95 Å². The topological polar surface area (TPSA) is 77.8 Å². The molecule has 102 valence electrons. The number of nitrogens with one attached hydrogen (secondary N) is 1. The third kappa shape index (κ3) is 3.54. The van der Waals surface area contributed by atoms with Crippen LogP contribution in [0.5, 0.6) is 6.01 Å². The molecule has 0 fully saturated rings. The van der Waals surface area contributed by atoms with Crippen LogP contribution >= 0.6 is 11.6 Å². The van der Waals surface area contributed by atoms with Crippen LogP contribution in [0, 0.1) is 0 Å². The lowest BCUT2D eigenvalue weighted by atomic mass is 10.5. The van der Waals surface area contributed by atoms with E-state index >= 15 is 0 Å². The first-order valence-electron chi connectivity index (χ1n) is 5.95. The van der Waals surface area contributed by atoms with E-state index in [4.69, 9.17) is 16.3 Å². The first kappa shape index (κ1) is 13.5. The maximum absolute atomic E-state index is 5.83. The summed E-state index contributed by atoms with van der Waals surface area (Å²) in [5, 5.41) is 7.59. The molecule has 1 N–H and O–H groups in total. The van der Waals surface area contributed by atoms with E-state index in [0.717, 1.165) is 0 Å². The Balaban J connectivity index is 2.38. The van der Waals surface area contributed by atoms with Crippen molar-refractivity contribution < 1.29 is 4.74 Å². The van der Waals surface area contributed by atoms with E-state index in [9.17, 15) is 0 Å². The Bertz CT molecular complexity index is 556. The molecule has 2 aromatic rings. The third-order valence-corrected chi connectivity index (χ3v) is 2.23. The van der Waals surface area contributed by atoms with Gasteiger partial charge in [0.15, 0.2) is 0 Å². The lowest BCUT2D eigenvalue weighted by Gasteiger charge is -2.10. The molecule has 19 heavy (non-hydrogen) atoms. The van der Waals surface area contributed by atoms with Gasteiger partial charge in [-0.05, 0) is 20.8 Å². The van der Waals surface area contributed by atoms with Crippen molar-refractivity contribution in [2.45, 2.75) is 26.9 Å². The van der Waals surface area contributed by atoms with E-state index in [1.54, 1.807) is 6.20 Å². The second kappa shape index (κ2) is 5.83. The molecule has 0 bridgehead atoms. The van der Waals surface area contributed by atoms with Gasteiger partial charge in [0.05, 0.1) is 23.5 Å². The summed E-state index contributed by atoms with van der Waals surface area (Å²) >= 11 is 5.83. The molecule has 0 aliphatic heterocycles. The van der Waals surface area contributed by atoms with Crippen LogP contribution < -0.4 is 10.1 Å². The molecule has 0 atom stereocenters. The van der Waals surface area contributed by atoms with Crippen molar-refractivity contribution in [3.8, 4) is 12.0 Å². The normalized spacial score (nSPS) is 10.8. The monoisotopic (exact) mass is 282 g/mol. The fourth-order valence-corrected chi connectivity index (χ4v) is 1.50. The van der Waals surface area contributed by atoms with Crippen LogP contribution in [0.2, 0.25) is 5.02 Å². The van der Waals surface area contributed by atoms with Crippen molar-refractivity contribution in [3.05, 3.63) is 17.4 Å². The van der Waals surface area contributed by atoms with Gasteiger partial charge in [-0.2, -0.15) is 20.1 Å². The molecule has 0 aliphatic rings. The summed E-state index contributed by atoms with van der Waals surface area (Å²) in [5.41, 5.74) is 0. The molecule has 7 nitrogen and oxygen atoms in total. The SMILES string of the molecule is CCNc1nc(OC(C)C)nc(-n2cc(Cl)cn2)n1. The Kier molecular flexibility index (Phi) is 4.16. The van der Waals surface area contributed by atoms with E-state index in [2.05, 4.69) is 25.4 Å². The molecular formula is C11H15ClN6O. The highest BCUT2D eigenvalue weighted by molar-refractivity contribution is 6.30. The molecule has 2 heterocycles. The van der Waals surface area contributed by atoms with Gasteiger partial charge in [-0.1, -0.05) is 11.6 Å². The molecule has 0 amide bonds. The zero-order valence-electron chi connectivity index (χ0n) is 11.0. The zero-order chi connectivity index (χ0) is 13.8. The van der Waals surface area contributed by atoms with Crippen LogP contribution in [0.25, 0.3) is 5.95 Å². The van der Waals surface area contributed by atoms with Crippen molar-refractivity contribution in [2.75, 3.05) is 11.9 Å². The summed E-state index contributed by atoms with van der Waals surface area (Å²) in [5.74, 6) is 0.795. The molecule has 0 radical (unpaired) electrons. The molecule has 0 saturated carbocycles. The maximum Gasteiger partial charge on any atom is 0.323 e. The van der Waals surface area contributed by atoms with Crippen molar-refractivity contribution in [2.24, 2.45) is 0 Å². The van der Waals surface area contributed by atoms with Crippen LogP contribution in [0.15, 0.2) is 12.4 Å². The number of hydrogen-bond acceptors (Lipinski definition) is 6. The molecule has 0 spiro atoms. The first-order chi connectivity index (χ1) is 9.08. The lowest BCUT2D eigenvalue weighted by Crippen LogP contribution is -2.14. The molecule has 0 unspecified atom stereocenters. The van der Waals surface area contributed by atoms with Crippen LogP contribution in [-0.4, -0.2) is 37.4 Å². The number of ether oxygens (including phenoxy) is 1. The number of nitrogens with zero attached hydrogens (tertiary/aromatic N) is 5. The molecular weight excluding hydrogens is 268 g/mol. The summed E-state index contributed by atoms with van der Waals surface area (Å²) in [6.45, 7) is 6.46. The van der Waals surface area contributed by atoms with Crippen LogP contribution in [-0.2, 0) is 0 Å². The molecule has 0 saturated heterocycles. The van der Waals surface area contributed by atoms with Crippen LogP contribution in [0.4, 0.5) is 5.95 Å². The van der Waals surface area contributed by atoms with Gasteiger partial charge in [-0.25, -0.2) is 4.68 Å². The predicted molar refractivity (Wildman–Crippen MR) is 71.9 cm³/mol. The van der Waals surface area contributed by atoms with E-state index in [-0.39, 0.29) is 12.1 Å². The molecule has 0 aliphatic carbocycles. The molecule has 0 aromatic carbocycles. The van der Waals surface area contributed by atoms with Crippen LogP contribution in [0.3, 0.4) is 0 Å². The zero-order valence-corrected chi connectivity index (χ0v) is 11.7. The van der Waals surface area contributed by atoms with E-state index in [1.165, 1.54) is 10.9 Å². The second-order valence-electron chi connectivity index (χ2n) is 4.04. The summed E-state index contributed by atoms with van der Waals surface area (Å²) in [4.78, 5) is 12.6. The minimum absolute atomic E-state index is 0.0223. The molecule has 8 heteroatoms. The summed E-state index contributed by atoms with van der Waals surface area (Å²) < 4.78 is 6.96. The summed E-state index contributed by atoms with van der Waals surface area (Å²) in [6, 6.07) is 0.252. The Hall–Kier alpha value is -1.89. The Morgan fingerprint density at radius 2 is 2.16 bits per heavy atom. The number of hydrogen-bond donors (Lipinski definition) is 1. The summed E-state index contributed by atoms with van der Waals surface area (Å²) in [7, 11) is 0. The number of aromatic nitrogens is 5. The van der Waals surface area contributed by atoms with Gasteiger partial charge < -0.3 is 10.1 Å². The highest BCUT2D eigenvalue weighted by Gasteiger charge is 2.11. The van der Waals surface area contributed by atoms with Gasteiger partial charge >= 0.3 is 6.01 Å². The molecule has 2 rings (SSSR count). The van der Waals surface area contributed by atoms with Crippen molar-refractivity contribution >= 4 is 17.5 Å². The van der Waals surface area contributed by atoms with Gasteiger partial charge in [-0.15, -0.1) is 0 Å². The fourth-order valence-electron chi connectivity index (χ4n) is 1.36. The number of rotatable bonds is 5. The lowest BCUT2D eigenvalue weighted by molar-refractivity contribution is 0.221. The van der Waals surface area contributed by atoms with Crippen LogP contribution in [0.1, 0.15) is 20.8 Å². The Morgan fingerprint density at radius 1 is 1.37 bits per heavy atom. The van der Waals surface area contributed by atoms with Gasteiger partial charge in [0.2, 0.25) is 5.95 Å². The summed E-state index contributed by atoms with van der Waals surface area (Å²) in [6.07, 6.45) is 3.11. The Morgan fingerprint density at radius 3 is 2.74 bits per heavy atom. The largest absolute Gasteiger partial charge is 0.461 e. The predicted octanol–water partition coefficient (Wildman–Crippen LogP) is 1.93. The van der Waals surface area contributed by atoms with Crippen molar-refractivity contribution in [1.82, 2.24) is 24.7 Å². The maximum atomic E-state index is 5.83. The van der Waals surface area contributed by atoms with Crippen molar-refractivity contribution in [1.29, 1.82) is 0 Å². The quantitative estimate of drug-likeness (QED) is 0.903. The number of anilines is 1. The van der Waals surface area contributed by atoms with Gasteiger partial charge in [0, 0.05) is 6.54 Å². The number of halogens is 1. The highest BCUT2D eigenvalue weighted by Crippen LogP contribution is 2.14. The standard InChI is InChI=1S/C11H15ClN6O/c1-4-13-9-15-10(18-6-8(12)5-14-18)17-11(16-9)19-7(2)3/h5-7H,4H2,1-3H3,(H,13,15,16,17). The minimum atomic E-state index is -0.0223. The third-order valence-electron chi connectivity index (χ3n) is 2.04. The highest BCUT2D eigenvalue weighted by atomic mass is 35.5. The fraction of sp³-hybridized carbons (Fsp3) is 0.455. The van der Waals surface area contributed by atoms with Crippen molar-refractivity contribution in [3.63, 3.8) is 0 Å². The average molecular weight is 283 g/mol. The van der Waals surface area contributed by atoms with E-state index in [0.29, 0.717) is 23.5 Å². The average Bonchev–Trinajstić information content (AvgIpc) is 2.75. The van der Waals surface area contributed by atoms with E-state index in [1.807, 2.05) is 20.8 Å². The second-order valence-corrected chi connectivity index (χ2v) is 4.48. The minimum Gasteiger partial charge on any atom is -0.461 e. The van der Waals surface area contributed by atoms with E-state index < -0.39 is 0 Å².